The lowest BCUT2D eigenvalue weighted by molar-refractivity contribution is 1.37. The van der Waals surface area contributed by atoms with Gasteiger partial charge in [-0.1, -0.05) is 109 Å². The lowest BCUT2D eigenvalue weighted by Crippen LogP contribution is -1.90. The van der Waals surface area contributed by atoms with Crippen molar-refractivity contribution >= 4 is 43.6 Å². The fourth-order valence-corrected chi connectivity index (χ4v) is 6.35. The van der Waals surface area contributed by atoms with Crippen LogP contribution in [0.3, 0.4) is 0 Å². The van der Waals surface area contributed by atoms with E-state index >= 15 is 0 Å². The molecule has 0 bridgehead atoms. The Balaban J connectivity index is 1.05. The van der Waals surface area contributed by atoms with Crippen molar-refractivity contribution in [3.05, 3.63) is 158 Å². The third-order valence-corrected chi connectivity index (χ3v) is 8.76. The van der Waals surface area contributed by atoms with Gasteiger partial charge in [0, 0.05) is 45.1 Å². The molecule has 4 heterocycles. The minimum absolute atomic E-state index is 0.921. The number of pyridine rings is 4. The molecule has 0 radical (unpaired) electrons. The summed E-state index contributed by atoms with van der Waals surface area (Å²) in [6.45, 7) is 0. The highest BCUT2D eigenvalue weighted by molar-refractivity contribution is 6.08. The van der Waals surface area contributed by atoms with Gasteiger partial charge in [0.1, 0.15) is 0 Å². The summed E-state index contributed by atoms with van der Waals surface area (Å²) in [6, 6.07) is 50.8. The standard InChI is InChI=1S/C42H26N4/c1-2-5-27(6-3-1)33-14-12-30-18-21-38(46-39(30)25-33)34-15-13-31-17-20-37(45-40(31)26-34)29-10-8-28(9-11-29)35-22-24-44-42-36(35)19-16-32-7-4-23-43-41(32)42/h1-26H. The van der Waals surface area contributed by atoms with E-state index in [1.165, 1.54) is 5.56 Å². The Labute approximate surface area is 265 Å². The summed E-state index contributed by atoms with van der Waals surface area (Å²) in [5, 5.41) is 4.41. The van der Waals surface area contributed by atoms with E-state index in [-0.39, 0.29) is 0 Å². The predicted molar refractivity (Wildman–Crippen MR) is 189 cm³/mol. The molecule has 4 nitrogen and oxygen atoms in total. The van der Waals surface area contributed by atoms with Gasteiger partial charge in [0.15, 0.2) is 0 Å². The van der Waals surface area contributed by atoms with Gasteiger partial charge >= 0.3 is 0 Å². The first-order valence-corrected chi connectivity index (χ1v) is 15.4. The van der Waals surface area contributed by atoms with Crippen molar-refractivity contribution in [3.8, 4) is 44.8 Å². The molecule has 5 aromatic carbocycles. The summed E-state index contributed by atoms with van der Waals surface area (Å²) in [4.78, 5) is 19.4. The molecule has 9 rings (SSSR count). The van der Waals surface area contributed by atoms with Crippen LogP contribution in [0.15, 0.2) is 158 Å². The molecule has 0 atom stereocenters. The molecule has 0 N–H and O–H groups in total. The Bertz CT molecular complexity index is 2570. The summed E-state index contributed by atoms with van der Waals surface area (Å²) in [5.74, 6) is 0. The van der Waals surface area contributed by atoms with E-state index in [9.17, 15) is 0 Å². The molecule has 0 aliphatic carbocycles. The highest BCUT2D eigenvalue weighted by Crippen LogP contribution is 2.33. The number of aromatic nitrogens is 4. The van der Waals surface area contributed by atoms with Gasteiger partial charge in [0.25, 0.3) is 0 Å². The molecule has 4 aromatic heterocycles. The van der Waals surface area contributed by atoms with E-state index in [0.717, 1.165) is 82.8 Å². The largest absolute Gasteiger partial charge is 0.254 e. The van der Waals surface area contributed by atoms with Crippen molar-refractivity contribution in [1.82, 2.24) is 19.9 Å². The summed E-state index contributed by atoms with van der Waals surface area (Å²) in [6.07, 6.45) is 3.69. The molecule has 0 saturated carbocycles. The van der Waals surface area contributed by atoms with Crippen LogP contribution in [0.25, 0.3) is 88.4 Å². The van der Waals surface area contributed by atoms with E-state index in [0.29, 0.717) is 0 Å². The van der Waals surface area contributed by atoms with Gasteiger partial charge in [-0.2, -0.15) is 0 Å². The van der Waals surface area contributed by atoms with Crippen LogP contribution in [-0.4, -0.2) is 19.9 Å². The number of benzene rings is 5. The molecule has 214 valence electrons. The predicted octanol–water partition coefficient (Wildman–Crippen LogP) is 10.5. The maximum absolute atomic E-state index is 5.09. The Morgan fingerprint density at radius 3 is 1.74 bits per heavy atom. The monoisotopic (exact) mass is 586 g/mol. The van der Waals surface area contributed by atoms with Crippen LogP contribution in [0, 0.1) is 0 Å². The SMILES string of the molecule is c1ccc(-c2ccc3ccc(-c4ccc5ccc(-c6ccc(-c7ccnc8c7ccc7cccnc78)cc6)nc5c4)nc3c2)cc1. The second kappa shape index (κ2) is 10.7. The third kappa shape index (κ3) is 4.56. The Morgan fingerprint density at radius 1 is 0.348 bits per heavy atom. The number of rotatable bonds is 4. The van der Waals surface area contributed by atoms with Crippen LogP contribution in [0.4, 0.5) is 0 Å². The van der Waals surface area contributed by atoms with E-state index in [4.69, 9.17) is 9.97 Å². The van der Waals surface area contributed by atoms with E-state index < -0.39 is 0 Å². The first kappa shape index (κ1) is 26.2. The van der Waals surface area contributed by atoms with Crippen molar-refractivity contribution in [3.63, 3.8) is 0 Å². The molecule has 0 saturated heterocycles. The lowest BCUT2D eigenvalue weighted by atomic mass is 9.98. The minimum Gasteiger partial charge on any atom is -0.254 e. The molecule has 0 fully saturated rings. The fraction of sp³-hybridized carbons (Fsp3) is 0. The maximum atomic E-state index is 5.09. The molecule has 9 aromatic rings. The summed E-state index contributed by atoms with van der Waals surface area (Å²) in [5.41, 5.74) is 12.4. The maximum Gasteiger partial charge on any atom is 0.0970 e. The summed E-state index contributed by atoms with van der Waals surface area (Å²) >= 11 is 0. The number of hydrogen-bond acceptors (Lipinski definition) is 4. The average molecular weight is 587 g/mol. The van der Waals surface area contributed by atoms with Crippen molar-refractivity contribution < 1.29 is 0 Å². The zero-order chi connectivity index (χ0) is 30.5. The van der Waals surface area contributed by atoms with Gasteiger partial charge in [0.05, 0.1) is 33.5 Å². The highest BCUT2D eigenvalue weighted by atomic mass is 14.7. The topological polar surface area (TPSA) is 51.6 Å². The van der Waals surface area contributed by atoms with Crippen LogP contribution >= 0.6 is 0 Å². The van der Waals surface area contributed by atoms with E-state index in [1.807, 2.05) is 24.5 Å². The quantitative estimate of drug-likeness (QED) is 0.193. The minimum atomic E-state index is 0.921. The Morgan fingerprint density at radius 2 is 0.957 bits per heavy atom. The lowest BCUT2D eigenvalue weighted by Gasteiger charge is -2.10. The molecule has 46 heavy (non-hydrogen) atoms. The summed E-state index contributed by atoms with van der Waals surface area (Å²) < 4.78 is 0. The van der Waals surface area contributed by atoms with Crippen molar-refractivity contribution in [2.24, 2.45) is 0 Å². The Hall–Kier alpha value is -6.26. The highest BCUT2D eigenvalue weighted by Gasteiger charge is 2.11. The zero-order valence-corrected chi connectivity index (χ0v) is 24.8. The first-order chi connectivity index (χ1) is 22.8. The van der Waals surface area contributed by atoms with Gasteiger partial charge in [-0.05, 0) is 58.7 Å². The molecule has 0 aliphatic heterocycles. The Kier molecular flexibility index (Phi) is 6.10. The van der Waals surface area contributed by atoms with Gasteiger partial charge in [-0.15, -0.1) is 0 Å². The number of fused-ring (bicyclic) bond motifs is 5. The van der Waals surface area contributed by atoms with Crippen LogP contribution in [-0.2, 0) is 0 Å². The van der Waals surface area contributed by atoms with Gasteiger partial charge in [-0.25, -0.2) is 9.97 Å². The van der Waals surface area contributed by atoms with Crippen LogP contribution in [0.2, 0.25) is 0 Å². The smallest absolute Gasteiger partial charge is 0.0970 e. The fourth-order valence-electron chi connectivity index (χ4n) is 6.35. The summed E-state index contributed by atoms with van der Waals surface area (Å²) in [7, 11) is 0. The van der Waals surface area contributed by atoms with Gasteiger partial charge < -0.3 is 0 Å². The third-order valence-electron chi connectivity index (χ3n) is 8.76. The molecule has 0 aliphatic rings. The van der Waals surface area contributed by atoms with Crippen molar-refractivity contribution in [2.75, 3.05) is 0 Å². The second-order valence-electron chi connectivity index (χ2n) is 11.5. The van der Waals surface area contributed by atoms with E-state index in [1.54, 1.807) is 0 Å². The average Bonchev–Trinajstić information content (AvgIpc) is 3.14. The molecule has 4 heteroatoms. The number of nitrogens with zero attached hydrogens (tertiary/aromatic N) is 4. The van der Waals surface area contributed by atoms with Crippen molar-refractivity contribution in [1.29, 1.82) is 0 Å². The van der Waals surface area contributed by atoms with Crippen LogP contribution < -0.4 is 0 Å². The zero-order valence-electron chi connectivity index (χ0n) is 24.8. The molecule has 0 spiro atoms. The van der Waals surface area contributed by atoms with Gasteiger partial charge in [-0.3, -0.25) is 9.97 Å². The molecule has 0 unspecified atom stereocenters. The molecular formula is C42H26N4. The molecular weight excluding hydrogens is 560 g/mol. The van der Waals surface area contributed by atoms with E-state index in [2.05, 4.69) is 143 Å². The molecule has 0 amide bonds. The normalized spacial score (nSPS) is 11.5. The van der Waals surface area contributed by atoms with Gasteiger partial charge in [0.2, 0.25) is 0 Å². The van der Waals surface area contributed by atoms with Crippen LogP contribution in [0.1, 0.15) is 0 Å². The first-order valence-electron chi connectivity index (χ1n) is 15.4. The van der Waals surface area contributed by atoms with Crippen molar-refractivity contribution in [2.45, 2.75) is 0 Å². The number of hydrogen-bond donors (Lipinski definition) is 0. The van der Waals surface area contributed by atoms with Crippen LogP contribution in [0.5, 0.6) is 0 Å². The second-order valence-corrected chi connectivity index (χ2v) is 11.5.